The molecule has 3 heteroatoms. The summed E-state index contributed by atoms with van der Waals surface area (Å²) >= 11 is 0. The van der Waals surface area contributed by atoms with Crippen LogP contribution in [0.25, 0.3) is 0 Å². The van der Waals surface area contributed by atoms with Gasteiger partial charge in [-0.05, 0) is 18.6 Å². The van der Waals surface area contributed by atoms with Gasteiger partial charge in [-0.3, -0.25) is 4.79 Å². The fourth-order valence-corrected chi connectivity index (χ4v) is 0.932. The fraction of sp³-hybridized carbons (Fsp3) is 0.300. The molecule has 0 aliphatic rings. The lowest BCUT2D eigenvalue weighted by Gasteiger charge is -2.08. The fourth-order valence-electron chi connectivity index (χ4n) is 0.932. The molecule has 0 saturated carbocycles. The van der Waals surface area contributed by atoms with Crippen molar-refractivity contribution in [3.8, 4) is 0 Å². The monoisotopic (exact) mass is 179 g/mol. The normalized spacial score (nSPS) is 12.2. The maximum atomic E-state index is 11.2. The van der Waals surface area contributed by atoms with E-state index in [1.54, 1.807) is 19.1 Å². The third-order valence-electron chi connectivity index (χ3n) is 1.73. The predicted octanol–water partition coefficient (Wildman–Crippen LogP) is 1.40. The average Bonchev–Trinajstić information content (AvgIpc) is 2.18. The van der Waals surface area contributed by atoms with E-state index in [-0.39, 0.29) is 5.91 Å². The molecule has 2 N–H and O–H groups in total. The molecule has 1 aromatic carbocycles. The van der Waals surface area contributed by atoms with Gasteiger partial charge in [0.15, 0.2) is 0 Å². The highest BCUT2D eigenvalue weighted by molar-refractivity contribution is 5.93. The van der Waals surface area contributed by atoms with Gasteiger partial charge in [-0.15, -0.1) is 0 Å². The summed E-state index contributed by atoms with van der Waals surface area (Å²) in [5, 5.41) is 11.8. The minimum absolute atomic E-state index is 0.353. The Bertz CT molecular complexity index is 272. The summed E-state index contributed by atoms with van der Waals surface area (Å²) in [5.74, 6) is -0.353. The molecule has 0 heterocycles. The zero-order chi connectivity index (χ0) is 9.68. The highest BCUT2D eigenvalue weighted by Crippen LogP contribution is 2.05. The number of hydrogen-bond donors (Lipinski definition) is 2. The van der Waals surface area contributed by atoms with E-state index in [4.69, 9.17) is 0 Å². The second kappa shape index (κ2) is 4.62. The molecule has 70 valence electrons. The Labute approximate surface area is 77.4 Å². The van der Waals surface area contributed by atoms with Crippen LogP contribution >= 0.6 is 0 Å². The Morgan fingerprint density at radius 2 is 2.08 bits per heavy atom. The van der Waals surface area contributed by atoms with E-state index in [0.29, 0.717) is 12.1 Å². The number of anilines is 1. The van der Waals surface area contributed by atoms with Crippen LogP contribution in [-0.4, -0.2) is 17.1 Å². The van der Waals surface area contributed by atoms with E-state index in [0.717, 1.165) is 0 Å². The molecule has 0 spiro atoms. The Morgan fingerprint density at radius 1 is 1.46 bits per heavy atom. The predicted molar refractivity (Wildman–Crippen MR) is 51.4 cm³/mol. The number of para-hydroxylation sites is 1. The SMILES string of the molecule is CCC(O)C(=O)Nc1ccccc1. The first kappa shape index (κ1) is 9.74. The third-order valence-corrected chi connectivity index (χ3v) is 1.73. The molecule has 0 saturated heterocycles. The molecule has 1 rings (SSSR count). The number of aliphatic hydroxyl groups excluding tert-OH is 1. The van der Waals surface area contributed by atoms with Crippen molar-refractivity contribution in [3.05, 3.63) is 30.3 Å². The molecule has 13 heavy (non-hydrogen) atoms. The van der Waals surface area contributed by atoms with Gasteiger partial charge in [0, 0.05) is 5.69 Å². The second-order valence-electron chi connectivity index (χ2n) is 2.78. The minimum Gasteiger partial charge on any atom is -0.383 e. The van der Waals surface area contributed by atoms with Crippen molar-refractivity contribution in [1.29, 1.82) is 0 Å². The van der Waals surface area contributed by atoms with Gasteiger partial charge in [0.1, 0.15) is 6.10 Å². The first-order chi connectivity index (χ1) is 6.24. The van der Waals surface area contributed by atoms with Crippen molar-refractivity contribution in [2.75, 3.05) is 5.32 Å². The molecule has 0 fully saturated rings. The molecule has 0 aromatic heterocycles. The molecule has 0 aliphatic heterocycles. The van der Waals surface area contributed by atoms with E-state index < -0.39 is 6.10 Å². The summed E-state index contributed by atoms with van der Waals surface area (Å²) in [6, 6.07) is 9.08. The van der Waals surface area contributed by atoms with E-state index in [2.05, 4.69) is 5.32 Å². The minimum atomic E-state index is -0.916. The van der Waals surface area contributed by atoms with Crippen molar-refractivity contribution >= 4 is 11.6 Å². The van der Waals surface area contributed by atoms with Crippen molar-refractivity contribution in [1.82, 2.24) is 0 Å². The first-order valence-electron chi connectivity index (χ1n) is 4.28. The molecule has 0 aliphatic carbocycles. The van der Waals surface area contributed by atoms with Gasteiger partial charge >= 0.3 is 0 Å². The van der Waals surface area contributed by atoms with Crippen LogP contribution in [0.3, 0.4) is 0 Å². The highest BCUT2D eigenvalue weighted by Gasteiger charge is 2.11. The van der Waals surface area contributed by atoms with Crippen LogP contribution in [0, 0.1) is 0 Å². The van der Waals surface area contributed by atoms with E-state index in [1.807, 2.05) is 18.2 Å². The number of aliphatic hydroxyl groups is 1. The lowest BCUT2D eigenvalue weighted by atomic mass is 10.2. The maximum absolute atomic E-state index is 11.2. The number of rotatable bonds is 3. The lowest BCUT2D eigenvalue weighted by Crippen LogP contribution is -2.26. The molecular weight excluding hydrogens is 166 g/mol. The van der Waals surface area contributed by atoms with Gasteiger partial charge < -0.3 is 10.4 Å². The summed E-state index contributed by atoms with van der Waals surface area (Å²) in [4.78, 5) is 11.2. The van der Waals surface area contributed by atoms with Crippen molar-refractivity contribution in [2.24, 2.45) is 0 Å². The van der Waals surface area contributed by atoms with E-state index in [1.165, 1.54) is 0 Å². The van der Waals surface area contributed by atoms with Gasteiger partial charge in [-0.1, -0.05) is 25.1 Å². The summed E-state index contributed by atoms with van der Waals surface area (Å²) in [7, 11) is 0. The number of hydrogen-bond acceptors (Lipinski definition) is 2. The third kappa shape index (κ3) is 2.87. The quantitative estimate of drug-likeness (QED) is 0.736. The number of nitrogens with one attached hydrogen (secondary N) is 1. The molecule has 1 amide bonds. The molecular formula is C10H13NO2. The Kier molecular flexibility index (Phi) is 3.46. The maximum Gasteiger partial charge on any atom is 0.253 e. The Hall–Kier alpha value is -1.35. The highest BCUT2D eigenvalue weighted by atomic mass is 16.3. The van der Waals surface area contributed by atoms with Gasteiger partial charge in [-0.25, -0.2) is 0 Å². The van der Waals surface area contributed by atoms with Crippen molar-refractivity contribution in [2.45, 2.75) is 19.4 Å². The number of carbonyl (C=O) groups is 1. The molecule has 1 aromatic rings. The van der Waals surface area contributed by atoms with Gasteiger partial charge in [-0.2, -0.15) is 0 Å². The lowest BCUT2D eigenvalue weighted by molar-refractivity contribution is -0.124. The number of carbonyl (C=O) groups excluding carboxylic acids is 1. The van der Waals surface area contributed by atoms with Crippen molar-refractivity contribution < 1.29 is 9.90 Å². The van der Waals surface area contributed by atoms with Crippen LogP contribution in [0.1, 0.15) is 13.3 Å². The Morgan fingerprint density at radius 3 is 2.62 bits per heavy atom. The molecule has 1 atom stereocenters. The summed E-state index contributed by atoms with van der Waals surface area (Å²) < 4.78 is 0. The molecule has 1 unspecified atom stereocenters. The molecule has 3 nitrogen and oxygen atoms in total. The zero-order valence-corrected chi connectivity index (χ0v) is 7.53. The zero-order valence-electron chi connectivity index (χ0n) is 7.53. The average molecular weight is 179 g/mol. The van der Waals surface area contributed by atoms with Gasteiger partial charge in [0.25, 0.3) is 5.91 Å². The number of benzene rings is 1. The smallest absolute Gasteiger partial charge is 0.253 e. The van der Waals surface area contributed by atoms with Gasteiger partial charge in [0.2, 0.25) is 0 Å². The summed E-state index contributed by atoms with van der Waals surface area (Å²) in [6.07, 6.45) is -0.487. The standard InChI is InChI=1S/C10H13NO2/c1-2-9(12)10(13)11-8-6-4-3-5-7-8/h3-7,9,12H,2H2,1H3,(H,11,13). The first-order valence-corrected chi connectivity index (χ1v) is 4.28. The largest absolute Gasteiger partial charge is 0.383 e. The molecule has 0 radical (unpaired) electrons. The topological polar surface area (TPSA) is 49.3 Å². The number of amides is 1. The van der Waals surface area contributed by atoms with E-state index >= 15 is 0 Å². The van der Waals surface area contributed by atoms with E-state index in [9.17, 15) is 9.90 Å². The summed E-state index contributed by atoms with van der Waals surface area (Å²) in [6.45, 7) is 1.76. The Balaban J connectivity index is 2.55. The van der Waals surface area contributed by atoms with Crippen LogP contribution in [0.2, 0.25) is 0 Å². The van der Waals surface area contributed by atoms with Crippen LogP contribution in [0.4, 0.5) is 5.69 Å². The van der Waals surface area contributed by atoms with Crippen LogP contribution in [-0.2, 0) is 4.79 Å². The molecule has 0 bridgehead atoms. The van der Waals surface area contributed by atoms with Crippen molar-refractivity contribution in [3.63, 3.8) is 0 Å². The van der Waals surface area contributed by atoms with Crippen LogP contribution < -0.4 is 5.32 Å². The van der Waals surface area contributed by atoms with Gasteiger partial charge in [0.05, 0.1) is 0 Å². The second-order valence-corrected chi connectivity index (χ2v) is 2.78. The summed E-state index contributed by atoms with van der Waals surface area (Å²) in [5.41, 5.74) is 0.708. The van der Waals surface area contributed by atoms with Crippen LogP contribution in [0.5, 0.6) is 0 Å². The van der Waals surface area contributed by atoms with Crippen LogP contribution in [0.15, 0.2) is 30.3 Å².